The van der Waals surface area contributed by atoms with Crippen LogP contribution in [0.4, 0.5) is 0 Å². The van der Waals surface area contributed by atoms with E-state index >= 15 is 0 Å². The number of benzene rings is 8. The molecule has 0 spiro atoms. The number of fused-ring (bicyclic) bond motifs is 6. The molecular weight excluding hydrogens is 601 g/mol. The molecule has 2 aliphatic carbocycles. The van der Waals surface area contributed by atoms with Crippen LogP contribution in [-0.2, 0) is 0 Å². The lowest BCUT2D eigenvalue weighted by molar-refractivity contribution is 1.02. The lowest BCUT2D eigenvalue weighted by Gasteiger charge is -2.22. The predicted molar refractivity (Wildman–Crippen MR) is 208 cm³/mol. The van der Waals surface area contributed by atoms with Crippen molar-refractivity contribution in [2.75, 3.05) is 0 Å². The van der Waals surface area contributed by atoms with E-state index in [0.717, 1.165) is 0 Å². The van der Waals surface area contributed by atoms with Crippen LogP contribution in [-0.4, -0.2) is 0 Å². The molecule has 0 unspecified atom stereocenters. The molecule has 0 N–H and O–H groups in total. The second-order valence-electron chi connectivity index (χ2n) is 13.6. The highest BCUT2D eigenvalue weighted by Crippen LogP contribution is 2.52. The first-order valence-corrected chi connectivity index (χ1v) is 17.6. The van der Waals surface area contributed by atoms with Crippen LogP contribution >= 0.6 is 0 Å². The maximum atomic E-state index is 2.43. The van der Waals surface area contributed by atoms with E-state index in [1.54, 1.807) is 0 Å². The molecule has 0 radical (unpaired) electrons. The number of hydrogen-bond acceptors (Lipinski definition) is 0. The Balaban J connectivity index is 1.19. The molecule has 0 atom stereocenters. The first-order valence-electron chi connectivity index (χ1n) is 17.6. The van der Waals surface area contributed by atoms with Gasteiger partial charge in [-0.3, -0.25) is 0 Å². The summed E-state index contributed by atoms with van der Waals surface area (Å²) in [5, 5.41) is 0. The molecule has 8 aromatic rings. The van der Waals surface area contributed by atoms with Gasteiger partial charge in [-0.15, -0.1) is 0 Å². The van der Waals surface area contributed by atoms with Crippen LogP contribution in [0.5, 0.6) is 0 Å². The lowest BCUT2D eigenvalue weighted by atomic mass is 9.81. The van der Waals surface area contributed by atoms with Gasteiger partial charge in [0.1, 0.15) is 0 Å². The van der Waals surface area contributed by atoms with Gasteiger partial charge in [-0.1, -0.05) is 176 Å². The minimum atomic E-state index is 0.168. The van der Waals surface area contributed by atoms with Crippen molar-refractivity contribution in [3.8, 4) is 55.6 Å². The van der Waals surface area contributed by atoms with Crippen LogP contribution < -0.4 is 0 Å². The summed E-state index contributed by atoms with van der Waals surface area (Å²) in [7, 11) is 0. The summed E-state index contributed by atoms with van der Waals surface area (Å²) in [5.74, 6) is 0.336. The Hall–Kier alpha value is -6.24. The van der Waals surface area contributed by atoms with Gasteiger partial charge in [0.05, 0.1) is 0 Å². The van der Waals surface area contributed by atoms with Gasteiger partial charge in [0, 0.05) is 11.8 Å². The molecule has 0 saturated heterocycles. The molecule has 0 amide bonds. The second-order valence-corrected chi connectivity index (χ2v) is 13.6. The van der Waals surface area contributed by atoms with Crippen molar-refractivity contribution in [3.05, 3.63) is 228 Å². The summed E-state index contributed by atoms with van der Waals surface area (Å²) in [4.78, 5) is 0. The third-order valence-electron chi connectivity index (χ3n) is 10.9. The summed E-state index contributed by atoms with van der Waals surface area (Å²) >= 11 is 0. The van der Waals surface area contributed by atoms with Crippen LogP contribution in [0.25, 0.3) is 55.6 Å². The Bertz CT molecular complexity index is 2310. The fraction of sp³-hybridized carbons (Fsp3) is 0.0400. The van der Waals surface area contributed by atoms with Crippen LogP contribution in [0.3, 0.4) is 0 Å². The largest absolute Gasteiger partial charge is 0.0622 e. The van der Waals surface area contributed by atoms with E-state index in [9.17, 15) is 0 Å². The van der Waals surface area contributed by atoms with Crippen molar-refractivity contribution in [1.82, 2.24) is 0 Å². The zero-order valence-electron chi connectivity index (χ0n) is 27.6. The van der Waals surface area contributed by atoms with Crippen LogP contribution in [0.2, 0.25) is 0 Å². The maximum Gasteiger partial charge on any atom is 0.0358 e. The van der Waals surface area contributed by atoms with Crippen LogP contribution in [0, 0.1) is 0 Å². The molecule has 0 bridgehead atoms. The van der Waals surface area contributed by atoms with Gasteiger partial charge < -0.3 is 0 Å². The standard InChI is InChI=1S/C50H34/c1-2-16-33(17-3-1)34-30-35(37-18-4-10-24-43(37)49-45-26-12-6-20-39(45)40-21-7-13-27-46(40)49)32-36(31-34)38-19-5-11-25-44(38)50-47-28-14-8-22-41(47)42-23-9-15-29-48(42)50/h1-32,49-50H. The molecule has 2 aliphatic rings. The molecule has 0 heterocycles. The Morgan fingerprint density at radius 1 is 0.200 bits per heavy atom. The Morgan fingerprint density at radius 2 is 0.460 bits per heavy atom. The van der Waals surface area contributed by atoms with Crippen molar-refractivity contribution in [2.24, 2.45) is 0 Å². The van der Waals surface area contributed by atoms with Crippen molar-refractivity contribution in [1.29, 1.82) is 0 Å². The molecular formula is C50H34. The number of hydrogen-bond donors (Lipinski definition) is 0. The van der Waals surface area contributed by atoms with Gasteiger partial charge in [0.25, 0.3) is 0 Å². The Morgan fingerprint density at radius 3 is 0.820 bits per heavy atom. The van der Waals surface area contributed by atoms with E-state index in [1.165, 1.54) is 89.0 Å². The lowest BCUT2D eigenvalue weighted by Crippen LogP contribution is -2.03. The molecule has 0 heteroatoms. The summed E-state index contributed by atoms with van der Waals surface area (Å²) in [6.07, 6.45) is 0. The Kier molecular flexibility index (Phi) is 6.74. The van der Waals surface area contributed by atoms with Gasteiger partial charge in [0.2, 0.25) is 0 Å². The minimum Gasteiger partial charge on any atom is -0.0622 e. The van der Waals surface area contributed by atoms with Gasteiger partial charge in [-0.25, -0.2) is 0 Å². The first-order chi connectivity index (χ1) is 24.8. The zero-order chi connectivity index (χ0) is 33.0. The van der Waals surface area contributed by atoms with Gasteiger partial charge >= 0.3 is 0 Å². The molecule has 50 heavy (non-hydrogen) atoms. The molecule has 0 aliphatic heterocycles. The zero-order valence-corrected chi connectivity index (χ0v) is 27.6. The fourth-order valence-corrected chi connectivity index (χ4v) is 8.74. The summed E-state index contributed by atoms with van der Waals surface area (Å²) in [5.41, 5.74) is 21.0. The van der Waals surface area contributed by atoms with Crippen LogP contribution in [0.1, 0.15) is 45.2 Å². The van der Waals surface area contributed by atoms with Gasteiger partial charge in [-0.2, -0.15) is 0 Å². The SMILES string of the molecule is c1ccc(-c2cc(-c3ccccc3C3c4ccccc4-c4ccccc43)cc(-c3ccccc3C3c4ccccc4-c4ccccc43)c2)cc1. The predicted octanol–water partition coefficient (Wildman–Crippen LogP) is 13.0. The number of rotatable bonds is 5. The van der Waals surface area contributed by atoms with E-state index in [2.05, 4.69) is 194 Å². The maximum absolute atomic E-state index is 2.43. The van der Waals surface area contributed by atoms with E-state index in [-0.39, 0.29) is 11.8 Å². The minimum absolute atomic E-state index is 0.168. The van der Waals surface area contributed by atoms with Crippen molar-refractivity contribution >= 4 is 0 Å². The van der Waals surface area contributed by atoms with Gasteiger partial charge in [-0.05, 0) is 107 Å². The third kappa shape index (κ3) is 4.53. The Labute approximate surface area is 294 Å². The quantitative estimate of drug-likeness (QED) is 0.177. The molecule has 0 nitrogen and oxygen atoms in total. The fourth-order valence-electron chi connectivity index (χ4n) is 8.74. The van der Waals surface area contributed by atoms with E-state index in [1.807, 2.05) is 0 Å². The van der Waals surface area contributed by atoms with E-state index < -0.39 is 0 Å². The van der Waals surface area contributed by atoms with Crippen molar-refractivity contribution in [3.63, 3.8) is 0 Å². The normalized spacial score (nSPS) is 13.0. The average molecular weight is 635 g/mol. The monoisotopic (exact) mass is 634 g/mol. The summed E-state index contributed by atoms with van der Waals surface area (Å²) < 4.78 is 0. The van der Waals surface area contributed by atoms with E-state index in [0.29, 0.717) is 0 Å². The smallest absolute Gasteiger partial charge is 0.0358 e. The van der Waals surface area contributed by atoms with Crippen LogP contribution in [0.15, 0.2) is 194 Å². The summed E-state index contributed by atoms with van der Waals surface area (Å²) in [6.45, 7) is 0. The first kappa shape index (κ1) is 28.7. The molecule has 234 valence electrons. The topological polar surface area (TPSA) is 0 Å². The molecule has 10 rings (SSSR count). The second kappa shape index (κ2) is 11.7. The molecule has 8 aromatic carbocycles. The van der Waals surface area contributed by atoms with Gasteiger partial charge in [0.15, 0.2) is 0 Å². The average Bonchev–Trinajstić information content (AvgIpc) is 3.71. The highest BCUT2D eigenvalue weighted by atomic mass is 14.4. The highest BCUT2D eigenvalue weighted by molar-refractivity contribution is 5.88. The van der Waals surface area contributed by atoms with Crippen molar-refractivity contribution < 1.29 is 0 Å². The highest BCUT2D eigenvalue weighted by Gasteiger charge is 2.32. The molecule has 0 aromatic heterocycles. The van der Waals surface area contributed by atoms with E-state index in [4.69, 9.17) is 0 Å². The third-order valence-corrected chi connectivity index (χ3v) is 10.9. The van der Waals surface area contributed by atoms with Crippen molar-refractivity contribution in [2.45, 2.75) is 11.8 Å². The molecule has 0 saturated carbocycles. The summed E-state index contributed by atoms with van der Waals surface area (Å²) in [6, 6.07) is 72.0. The molecule has 0 fully saturated rings.